The maximum atomic E-state index is 8.81. The van der Waals surface area contributed by atoms with Gasteiger partial charge in [0.1, 0.15) is 0 Å². The van der Waals surface area contributed by atoms with Crippen molar-refractivity contribution in [3.8, 4) is 17.4 Å². The Morgan fingerprint density at radius 3 is 2.94 bits per heavy atom. The van der Waals surface area contributed by atoms with Crippen LogP contribution in [0.25, 0.3) is 10.8 Å². The van der Waals surface area contributed by atoms with E-state index in [1.807, 2.05) is 12.3 Å². The van der Waals surface area contributed by atoms with Gasteiger partial charge in [0.05, 0.1) is 10.3 Å². The first-order valence-corrected chi connectivity index (χ1v) is 6.14. The Kier molecular flexibility index (Phi) is 2.45. The zero-order valence-electron chi connectivity index (χ0n) is 8.97. The van der Waals surface area contributed by atoms with Crippen molar-refractivity contribution < 1.29 is 19.6 Å². The monoisotopic (exact) mass is 251 g/mol. The van der Waals surface area contributed by atoms with Crippen LogP contribution in [-0.4, -0.2) is 23.3 Å². The number of rotatable bonds is 2. The van der Waals surface area contributed by atoms with Gasteiger partial charge in [-0.25, -0.2) is 10.2 Å². The molecule has 3 rings (SSSR count). The number of thioether (sulfide) groups is 1. The summed E-state index contributed by atoms with van der Waals surface area (Å²) in [7, 11) is 0. The molecular weight excluding hydrogens is 242 g/mol. The second kappa shape index (κ2) is 3.97. The number of ether oxygens (including phenoxy) is 2. The Hall–Kier alpha value is -1.66. The zero-order valence-corrected chi connectivity index (χ0v) is 9.78. The largest absolute Gasteiger partial charge is 0.453 e. The van der Waals surface area contributed by atoms with Crippen LogP contribution in [-0.2, 0) is 0 Å². The molecule has 0 fully saturated rings. The summed E-state index contributed by atoms with van der Waals surface area (Å²) in [6.07, 6.45) is 3.49. The highest BCUT2D eigenvalue weighted by atomic mass is 32.2. The minimum Gasteiger partial charge on any atom is -0.453 e. The van der Waals surface area contributed by atoms with Crippen LogP contribution < -0.4 is 14.4 Å². The first-order chi connectivity index (χ1) is 8.35. The smallest absolute Gasteiger partial charge is 0.263 e. The second-order valence-corrected chi connectivity index (χ2v) is 4.29. The van der Waals surface area contributed by atoms with Crippen LogP contribution in [0.3, 0.4) is 0 Å². The summed E-state index contributed by atoms with van der Waals surface area (Å²) in [6.45, 7) is 0.208. The molecule has 2 aromatic rings. The number of aromatic nitrogens is 1. The predicted octanol–water partition coefficient (Wildman–Crippen LogP) is 2.54. The van der Waals surface area contributed by atoms with Crippen LogP contribution in [0, 0.1) is 0 Å². The van der Waals surface area contributed by atoms with Gasteiger partial charge in [0, 0.05) is 11.6 Å². The van der Waals surface area contributed by atoms with E-state index in [4.69, 9.17) is 14.7 Å². The van der Waals surface area contributed by atoms with E-state index in [0.717, 1.165) is 16.0 Å². The third-order valence-electron chi connectivity index (χ3n) is 2.62. The minimum absolute atomic E-state index is 0.163. The molecule has 17 heavy (non-hydrogen) atoms. The Labute approximate surface area is 101 Å². The van der Waals surface area contributed by atoms with E-state index in [9.17, 15) is 0 Å². The molecule has 0 saturated carbocycles. The first-order valence-electron chi connectivity index (χ1n) is 4.92. The van der Waals surface area contributed by atoms with Crippen molar-refractivity contribution in [2.75, 3.05) is 13.0 Å². The van der Waals surface area contributed by atoms with E-state index in [0.29, 0.717) is 11.1 Å². The Morgan fingerprint density at radius 2 is 2.18 bits per heavy atom. The molecule has 0 bridgehead atoms. The average molecular weight is 251 g/mol. The third kappa shape index (κ3) is 1.49. The molecule has 1 aliphatic rings. The van der Waals surface area contributed by atoms with Gasteiger partial charge in [0.2, 0.25) is 6.79 Å². The fourth-order valence-electron chi connectivity index (χ4n) is 1.87. The topological polar surface area (TPSA) is 60.8 Å². The molecule has 1 aromatic heterocycles. The summed E-state index contributed by atoms with van der Waals surface area (Å²) < 4.78 is 10.9. The lowest BCUT2D eigenvalue weighted by Crippen LogP contribution is -1.93. The van der Waals surface area contributed by atoms with Crippen LogP contribution in [0.5, 0.6) is 17.4 Å². The normalized spacial score (nSPS) is 13.1. The van der Waals surface area contributed by atoms with Crippen LogP contribution in [0.4, 0.5) is 0 Å². The van der Waals surface area contributed by atoms with E-state index >= 15 is 0 Å². The van der Waals surface area contributed by atoms with Crippen molar-refractivity contribution in [1.82, 2.24) is 4.98 Å². The molecule has 0 amide bonds. The first kappa shape index (κ1) is 10.5. The second-order valence-electron chi connectivity index (χ2n) is 3.45. The molecule has 6 heteroatoms. The van der Waals surface area contributed by atoms with E-state index in [1.54, 1.807) is 12.3 Å². The quantitative estimate of drug-likeness (QED) is 0.503. The average Bonchev–Trinajstić information content (AvgIpc) is 2.86. The highest BCUT2D eigenvalue weighted by Gasteiger charge is 2.23. The van der Waals surface area contributed by atoms with Gasteiger partial charge in [-0.1, -0.05) is 0 Å². The maximum Gasteiger partial charge on any atom is 0.263 e. The van der Waals surface area contributed by atoms with Crippen molar-refractivity contribution in [2.45, 2.75) is 4.90 Å². The molecule has 0 saturated heterocycles. The summed E-state index contributed by atoms with van der Waals surface area (Å²) in [4.78, 5) is 9.15. The van der Waals surface area contributed by atoms with Crippen molar-refractivity contribution >= 4 is 22.5 Å². The van der Waals surface area contributed by atoms with Gasteiger partial charge in [0.25, 0.3) is 5.88 Å². The van der Waals surface area contributed by atoms with Gasteiger partial charge < -0.3 is 14.4 Å². The highest BCUT2D eigenvalue weighted by molar-refractivity contribution is 7.98. The van der Waals surface area contributed by atoms with Gasteiger partial charge in [-0.05, 0) is 18.4 Å². The van der Waals surface area contributed by atoms with E-state index in [-0.39, 0.29) is 12.7 Å². The number of hydrogen-bond acceptors (Lipinski definition) is 6. The molecule has 0 radical (unpaired) electrons. The number of pyridine rings is 1. The van der Waals surface area contributed by atoms with Crippen molar-refractivity contribution in [1.29, 1.82) is 0 Å². The highest BCUT2D eigenvalue weighted by Crippen LogP contribution is 2.47. The van der Waals surface area contributed by atoms with Gasteiger partial charge >= 0.3 is 0 Å². The van der Waals surface area contributed by atoms with Crippen LogP contribution in [0.15, 0.2) is 23.2 Å². The summed E-state index contributed by atoms with van der Waals surface area (Å²) in [5, 5.41) is 10.3. The lowest BCUT2D eigenvalue weighted by molar-refractivity contribution is -0.140. The van der Waals surface area contributed by atoms with Gasteiger partial charge in [0.15, 0.2) is 11.5 Å². The number of hydrogen-bond donors (Lipinski definition) is 1. The van der Waals surface area contributed by atoms with Crippen LogP contribution in [0.2, 0.25) is 0 Å². The van der Waals surface area contributed by atoms with Crippen LogP contribution in [0.1, 0.15) is 0 Å². The molecule has 5 nitrogen and oxygen atoms in total. The van der Waals surface area contributed by atoms with Crippen molar-refractivity contribution in [3.63, 3.8) is 0 Å². The number of nitrogens with zero attached hydrogens (tertiary/aromatic N) is 1. The minimum atomic E-state index is 0.163. The standard InChI is InChI=1S/C11H9NO4S/c1-17-8-4-7-6(2-3-12-11(7)16-13)9-10(8)15-5-14-9/h2-4,13H,5H2,1H3. The fraction of sp³-hybridized carbons (Fsp3) is 0.182. The van der Waals surface area contributed by atoms with Crippen molar-refractivity contribution in [2.24, 2.45) is 0 Å². The number of fused-ring (bicyclic) bond motifs is 3. The molecule has 1 aliphatic heterocycles. The third-order valence-corrected chi connectivity index (χ3v) is 3.36. The Balaban J connectivity index is 2.39. The van der Waals surface area contributed by atoms with Crippen molar-refractivity contribution in [3.05, 3.63) is 18.3 Å². The molecule has 1 N–H and O–H groups in total. The van der Waals surface area contributed by atoms with Gasteiger partial charge in [-0.15, -0.1) is 11.8 Å². The van der Waals surface area contributed by atoms with E-state index in [2.05, 4.69) is 9.87 Å². The lowest BCUT2D eigenvalue weighted by atomic mass is 10.1. The summed E-state index contributed by atoms with van der Waals surface area (Å²) in [5.41, 5.74) is 0. The number of benzene rings is 1. The molecule has 0 spiro atoms. The summed E-state index contributed by atoms with van der Waals surface area (Å²) >= 11 is 1.54. The molecule has 1 aromatic carbocycles. The van der Waals surface area contributed by atoms with E-state index < -0.39 is 0 Å². The Morgan fingerprint density at radius 1 is 1.35 bits per heavy atom. The molecule has 2 heterocycles. The van der Waals surface area contributed by atoms with Gasteiger partial charge in [-0.2, -0.15) is 0 Å². The molecule has 0 unspecified atom stereocenters. The molecule has 88 valence electrons. The summed E-state index contributed by atoms with van der Waals surface area (Å²) in [6, 6.07) is 3.67. The summed E-state index contributed by atoms with van der Waals surface area (Å²) in [5.74, 6) is 1.57. The molecule has 0 aliphatic carbocycles. The maximum absolute atomic E-state index is 8.81. The molecule has 0 atom stereocenters. The lowest BCUT2D eigenvalue weighted by Gasteiger charge is -2.08. The van der Waals surface area contributed by atoms with Gasteiger partial charge in [-0.3, -0.25) is 0 Å². The Bertz CT molecular complexity index is 587. The van der Waals surface area contributed by atoms with E-state index in [1.165, 1.54) is 11.8 Å². The SMILES string of the molecule is CSc1cc2c(OO)nccc2c2c1OCO2. The zero-order chi connectivity index (χ0) is 11.8. The fourth-order valence-corrected chi connectivity index (χ4v) is 2.45. The predicted molar refractivity (Wildman–Crippen MR) is 62.9 cm³/mol. The molecular formula is C11H9NO4S. The van der Waals surface area contributed by atoms with Crippen LogP contribution >= 0.6 is 11.8 Å².